The van der Waals surface area contributed by atoms with Crippen LogP contribution in [0.4, 0.5) is 0 Å². The summed E-state index contributed by atoms with van der Waals surface area (Å²) in [7, 11) is 1.25. The van der Waals surface area contributed by atoms with Crippen molar-refractivity contribution >= 4 is 40.8 Å². The van der Waals surface area contributed by atoms with Gasteiger partial charge in [-0.2, -0.15) is 0 Å². The Morgan fingerprint density at radius 1 is 1.36 bits per heavy atom. The van der Waals surface area contributed by atoms with Gasteiger partial charge in [0.1, 0.15) is 10.9 Å². The summed E-state index contributed by atoms with van der Waals surface area (Å²) >= 11 is 6.78. The highest BCUT2D eigenvalue weighted by molar-refractivity contribution is 7.17. The minimum Gasteiger partial charge on any atom is -0.467 e. The molecule has 22 heavy (non-hydrogen) atoms. The fraction of sp³-hybridized carbons (Fsp3) is 0.500. The number of carbonyl (C=O) groups excluding carboxylic acids is 3. The first-order valence-electron chi connectivity index (χ1n) is 6.68. The number of halogens is 1. The molecule has 6 nitrogen and oxygen atoms in total. The standard InChI is InChI=1S/C14H18ClNO5S/c1-4-8(2)12(14(19)20-3)16-11(17)7-21-13(18)9-5-6-10(15)22-9/h5-6,8,12H,4,7H2,1-3H3,(H,16,17)/t8-,12+/m1/s1. The zero-order chi connectivity index (χ0) is 16.7. The maximum atomic E-state index is 11.8. The summed E-state index contributed by atoms with van der Waals surface area (Å²) in [4.78, 5) is 35.5. The number of carbonyl (C=O) groups is 3. The third-order valence-corrected chi connectivity index (χ3v) is 4.30. The predicted molar refractivity (Wildman–Crippen MR) is 83.0 cm³/mol. The van der Waals surface area contributed by atoms with E-state index in [1.165, 1.54) is 13.2 Å². The molecule has 0 aliphatic rings. The first kappa shape index (κ1) is 18.4. The number of nitrogens with one attached hydrogen (secondary N) is 1. The van der Waals surface area contributed by atoms with E-state index in [1.54, 1.807) is 6.07 Å². The molecule has 0 saturated heterocycles. The van der Waals surface area contributed by atoms with Crippen LogP contribution >= 0.6 is 22.9 Å². The van der Waals surface area contributed by atoms with E-state index in [4.69, 9.17) is 16.3 Å². The van der Waals surface area contributed by atoms with Gasteiger partial charge in [-0.25, -0.2) is 9.59 Å². The monoisotopic (exact) mass is 347 g/mol. The third kappa shape index (κ3) is 5.31. The van der Waals surface area contributed by atoms with Gasteiger partial charge < -0.3 is 14.8 Å². The van der Waals surface area contributed by atoms with Crippen molar-refractivity contribution < 1.29 is 23.9 Å². The van der Waals surface area contributed by atoms with Gasteiger partial charge in [-0.15, -0.1) is 11.3 Å². The zero-order valence-corrected chi connectivity index (χ0v) is 14.1. The van der Waals surface area contributed by atoms with Crippen LogP contribution in [0, 0.1) is 5.92 Å². The number of thiophene rings is 1. The average molecular weight is 348 g/mol. The van der Waals surface area contributed by atoms with Crippen LogP contribution in [0.1, 0.15) is 29.9 Å². The van der Waals surface area contributed by atoms with E-state index in [1.807, 2.05) is 13.8 Å². The average Bonchev–Trinajstić information content (AvgIpc) is 2.95. The number of esters is 2. The molecule has 0 aromatic carbocycles. The van der Waals surface area contributed by atoms with Gasteiger partial charge in [0.05, 0.1) is 11.4 Å². The van der Waals surface area contributed by atoms with Crippen molar-refractivity contribution in [1.29, 1.82) is 0 Å². The number of methoxy groups -OCH3 is 1. The molecular weight excluding hydrogens is 330 g/mol. The molecule has 1 rings (SSSR count). The molecule has 8 heteroatoms. The molecule has 2 atom stereocenters. The Morgan fingerprint density at radius 2 is 2.05 bits per heavy atom. The van der Waals surface area contributed by atoms with Crippen LogP contribution in [-0.2, 0) is 19.1 Å². The van der Waals surface area contributed by atoms with Crippen molar-refractivity contribution in [3.8, 4) is 0 Å². The number of ether oxygens (including phenoxy) is 2. The highest BCUT2D eigenvalue weighted by Gasteiger charge is 2.27. The van der Waals surface area contributed by atoms with Crippen LogP contribution in [0.25, 0.3) is 0 Å². The summed E-state index contributed by atoms with van der Waals surface area (Å²) in [6, 6.07) is 2.32. The lowest BCUT2D eigenvalue weighted by Gasteiger charge is -2.21. The fourth-order valence-corrected chi connectivity index (χ4v) is 2.57. The summed E-state index contributed by atoms with van der Waals surface area (Å²) in [5, 5.41) is 2.52. The van der Waals surface area contributed by atoms with Crippen molar-refractivity contribution in [3.63, 3.8) is 0 Å². The highest BCUT2D eigenvalue weighted by Crippen LogP contribution is 2.21. The molecular formula is C14H18ClNO5S. The summed E-state index contributed by atoms with van der Waals surface area (Å²) < 4.78 is 10.00. The van der Waals surface area contributed by atoms with Crippen molar-refractivity contribution in [2.24, 2.45) is 5.92 Å². The van der Waals surface area contributed by atoms with Gasteiger partial charge in [-0.3, -0.25) is 4.79 Å². The lowest BCUT2D eigenvalue weighted by molar-refractivity contribution is -0.147. The molecule has 122 valence electrons. The van der Waals surface area contributed by atoms with E-state index in [2.05, 4.69) is 10.1 Å². The van der Waals surface area contributed by atoms with Gasteiger partial charge in [0.15, 0.2) is 6.61 Å². The predicted octanol–water partition coefficient (Wildman–Crippen LogP) is 2.26. The Labute approximate surface area is 137 Å². The Bertz CT molecular complexity index is 545. The highest BCUT2D eigenvalue weighted by atomic mass is 35.5. The summed E-state index contributed by atoms with van der Waals surface area (Å²) in [6.07, 6.45) is 0.688. The van der Waals surface area contributed by atoms with Crippen LogP contribution in [0.3, 0.4) is 0 Å². The largest absolute Gasteiger partial charge is 0.467 e. The van der Waals surface area contributed by atoms with E-state index >= 15 is 0 Å². The van der Waals surface area contributed by atoms with Crippen molar-refractivity contribution in [1.82, 2.24) is 5.32 Å². The van der Waals surface area contributed by atoms with Crippen LogP contribution in [0.15, 0.2) is 12.1 Å². The number of amides is 1. The van der Waals surface area contributed by atoms with E-state index in [-0.39, 0.29) is 5.92 Å². The number of hydrogen-bond donors (Lipinski definition) is 1. The van der Waals surface area contributed by atoms with Gasteiger partial charge >= 0.3 is 11.9 Å². The lowest BCUT2D eigenvalue weighted by Crippen LogP contribution is -2.47. The Kier molecular flexibility index (Phi) is 7.34. The quantitative estimate of drug-likeness (QED) is 0.765. The molecule has 1 amide bonds. The second kappa shape index (κ2) is 8.75. The maximum absolute atomic E-state index is 11.8. The summed E-state index contributed by atoms with van der Waals surface area (Å²) in [6.45, 7) is 3.24. The number of hydrogen-bond acceptors (Lipinski definition) is 6. The fourth-order valence-electron chi connectivity index (χ4n) is 1.64. The molecule has 1 aromatic rings. The van der Waals surface area contributed by atoms with Crippen molar-refractivity contribution in [3.05, 3.63) is 21.3 Å². The van der Waals surface area contributed by atoms with Gasteiger partial charge in [-0.05, 0) is 18.1 Å². The molecule has 0 aliphatic carbocycles. The molecule has 1 N–H and O–H groups in total. The summed E-state index contributed by atoms with van der Waals surface area (Å²) in [5.41, 5.74) is 0. The molecule has 1 heterocycles. The molecule has 0 aliphatic heterocycles. The molecule has 0 unspecified atom stereocenters. The number of rotatable bonds is 7. The van der Waals surface area contributed by atoms with Gasteiger partial charge in [0.2, 0.25) is 0 Å². The van der Waals surface area contributed by atoms with Crippen LogP contribution < -0.4 is 5.32 Å². The Morgan fingerprint density at radius 3 is 2.55 bits per heavy atom. The minimum absolute atomic E-state index is 0.0943. The van der Waals surface area contributed by atoms with Crippen molar-refractivity contribution in [2.45, 2.75) is 26.3 Å². The second-order valence-electron chi connectivity index (χ2n) is 4.63. The molecule has 0 fully saturated rings. The summed E-state index contributed by atoms with van der Waals surface area (Å²) in [5.74, 6) is -1.82. The van der Waals surface area contributed by atoms with Gasteiger partial charge in [-0.1, -0.05) is 31.9 Å². The first-order chi connectivity index (χ1) is 10.4. The van der Waals surface area contributed by atoms with E-state index in [9.17, 15) is 14.4 Å². The van der Waals surface area contributed by atoms with E-state index in [0.29, 0.717) is 15.6 Å². The SMILES string of the molecule is CC[C@@H](C)[C@H](NC(=O)COC(=O)c1ccc(Cl)s1)C(=O)OC. The van der Waals surface area contributed by atoms with Crippen LogP contribution in [0.2, 0.25) is 4.34 Å². The third-order valence-electron chi connectivity index (χ3n) is 3.09. The van der Waals surface area contributed by atoms with E-state index < -0.39 is 30.5 Å². The lowest BCUT2D eigenvalue weighted by atomic mass is 9.99. The van der Waals surface area contributed by atoms with Crippen LogP contribution in [0.5, 0.6) is 0 Å². The molecule has 0 spiro atoms. The first-order valence-corrected chi connectivity index (χ1v) is 7.88. The normalized spacial score (nSPS) is 13.1. The minimum atomic E-state index is -0.766. The Hall–Kier alpha value is -1.60. The van der Waals surface area contributed by atoms with Gasteiger partial charge in [0, 0.05) is 0 Å². The smallest absolute Gasteiger partial charge is 0.348 e. The Balaban J connectivity index is 2.53. The second-order valence-corrected chi connectivity index (χ2v) is 6.35. The molecule has 1 aromatic heterocycles. The van der Waals surface area contributed by atoms with Crippen molar-refractivity contribution in [2.75, 3.05) is 13.7 Å². The topological polar surface area (TPSA) is 81.7 Å². The zero-order valence-electron chi connectivity index (χ0n) is 12.6. The molecule has 0 bridgehead atoms. The molecule has 0 saturated carbocycles. The van der Waals surface area contributed by atoms with Gasteiger partial charge in [0.25, 0.3) is 5.91 Å². The molecule has 0 radical (unpaired) electrons. The van der Waals surface area contributed by atoms with E-state index in [0.717, 1.165) is 11.3 Å². The maximum Gasteiger partial charge on any atom is 0.348 e. The van der Waals surface area contributed by atoms with Crippen LogP contribution in [-0.4, -0.2) is 37.6 Å².